The van der Waals surface area contributed by atoms with Gasteiger partial charge in [0.15, 0.2) is 16.7 Å². The molecule has 1 saturated heterocycles. The third-order valence-corrected chi connectivity index (χ3v) is 4.24. The summed E-state index contributed by atoms with van der Waals surface area (Å²) in [5, 5.41) is 0.0109. The van der Waals surface area contributed by atoms with Crippen LogP contribution in [-0.2, 0) is 16.1 Å². The van der Waals surface area contributed by atoms with E-state index in [0.29, 0.717) is 0 Å². The molecule has 1 aliphatic rings. The fourth-order valence-electron chi connectivity index (χ4n) is 2.29. The van der Waals surface area contributed by atoms with Gasteiger partial charge in [-0.15, -0.1) is 0 Å². The molecule has 1 fully saturated rings. The summed E-state index contributed by atoms with van der Waals surface area (Å²) in [5.74, 6) is 0.0302. The molecule has 148 valence electrons. The number of primary amides is 1. The first kappa shape index (κ1) is 20.8. The molecule has 0 aromatic heterocycles. The number of methoxy groups -OCH3 is 2. The molecule has 8 nitrogen and oxygen atoms in total. The fraction of sp³-hybridized carbons (Fsp3) is 0.400. The molecule has 1 aromatic rings. The highest BCUT2D eigenvalue weighted by molar-refractivity contribution is 8.15. The summed E-state index contributed by atoms with van der Waals surface area (Å²) in [7, 11) is 2.72. The normalized spacial score (nSPS) is 16.1. The third kappa shape index (κ3) is 5.26. The van der Waals surface area contributed by atoms with Gasteiger partial charge in [-0.1, -0.05) is 11.8 Å². The number of alkyl halides is 3. The van der Waals surface area contributed by atoms with Gasteiger partial charge in [-0.05, 0) is 6.07 Å². The molecule has 0 saturated carbocycles. The number of urea groups is 1. The zero-order chi connectivity index (χ0) is 20.2. The molecule has 0 aliphatic carbocycles. The van der Waals surface area contributed by atoms with Crippen LogP contribution < -0.4 is 20.1 Å². The molecular formula is C15H16F3N3O5S. The first-order valence-electron chi connectivity index (χ1n) is 7.39. The smallest absolute Gasteiger partial charge is 0.411 e. The molecule has 0 spiro atoms. The summed E-state index contributed by atoms with van der Waals surface area (Å²) in [6.07, 6.45) is -4.51. The summed E-state index contributed by atoms with van der Waals surface area (Å²) in [6.45, 7) is -1.93. The molecule has 2 rings (SSSR count). The van der Waals surface area contributed by atoms with Crippen LogP contribution in [0.5, 0.6) is 11.5 Å². The average Bonchev–Trinajstić information content (AvgIpc) is 2.92. The van der Waals surface area contributed by atoms with E-state index in [1.165, 1.54) is 26.4 Å². The van der Waals surface area contributed by atoms with E-state index < -0.39 is 31.3 Å². The number of amidine groups is 1. The lowest BCUT2D eigenvalue weighted by Gasteiger charge is -2.22. The average molecular weight is 407 g/mol. The van der Waals surface area contributed by atoms with Gasteiger partial charge in [-0.25, -0.2) is 4.79 Å². The number of nitrogens with zero attached hydrogens (tertiary/aromatic N) is 2. The number of rotatable bonds is 6. The number of hydrogen-bond acceptors (Lipinski definition) is 6. The van der Waals surface area contributed by atoms with Gasteiger partial charge < -0.3 is 19.9 Å². The lowest BCUT2D eigenvalue weighted by atomic mass is 10.1. The summed E-state index contributed by atoms with van der Waals surface area (Å²) in [4.78, 5) is 28.1. The first-order chi connectivity index (χ1) is 12.7. The van der Waals surface area contributed by atoms with Gasteiger partial charge in [0.1, 0.15) is 6.61 Å². The molecule has 1 aromatic carbocycles. The van der Waals surface area contributed by atoms with Crippen molar-refractivity contribution in [3.05, 3.63) is 17.7 Å². The quantitative estimate of drug-likeness (QED) is 0.776. The monoisotopic (exact) mass is 407 g/mol. The van der Waals surface area contributed by atoms with Crippen molar-refractivity contribution in [1.29, 1.82) is 0 Å². The van der Waals surface area contributed by atoms with Crippen molar-refractivity contribution < 1.29 is 37.0 Å². The van der Waals surface area contributed by atoms with Crippen molar-refractivity contribution in [2.24, 2.45) is 10.7 Å². The van der Waals surface area contributed by atoms with E-state index in [-0.39, 0.29) is 33.7 Å². The predicted molar refractivity (Wildman–Crippen MR) is 92.2 cm³/mol. The van der Waals surface area contributed by atoms with Crippen LogP contribution in [0.3, 0.4) is 0 Å². The maximum atomic E-state index is 12.4. The second-order valence-corrected chi connectivity index (χ2v) is 6.14. The predicted octanol–water partition coefficient (Wildman–Crippen LogP) is 2.30. The van der Waals surface area contributed by atoms with E-state index in [1.807, 2.05) is 0 Å². The Hall–Kier alpha value is -2.47. The minimum absolute atomic E-state index is 0.0106. The molecule has 27 heavy (non-hydrogen) atoms. The molecule has 12 heteroatoms. The number of amides is 3. The summed E-state index contributed by atoms with van der Waals surface area (Å²) in [6, 6.07) is 1.78. The van der Waals surface area contributed by atoms with Gasteiger partial charge in [0, 0.05) is 11.6 Å². The van der Waals surface area contributed by atoms with Crippen LogP contribution in [-0.4, -0.2) is 49.9 Å². The largest absolute Gasteiger partial charge is 0.493 e. The molecule has 0 bridgehead atoms. The van der Waals surface area contributed by atoms with Gasteiger partial charge in [0.25, 0.3) is 0 Å². The van der Waals surface area contributed by atoms with Crippen LogP contribution in [0.4, 0.5) is 23.7 Å². The van der Waals surface area contributed by atoms with Crippen molar-refractivity contribution in [1.82, 2.24) is 0 Å². The van der Waals surface area contributed by atoms with E-state index in [0.717, 1.165) is 16.7 Å². The molecule has 1 heterocycles. The number of benzene rings is 1. The Bertz CT molecular complexity index is 770. The Morgan fingerprint density at radius 1 is 1.30 bits per heavy atom. The van der Waals surface area contributed by atoms with E-state index in [4.69, 9.17) is 19.9 Å². The van der Waals surface area contributed by atoms with Gasteiger partial charge in [-0.2, -0.15) is 18.2 Å². The van der Waals surface area contributed by atoms with Crippen LogP contribution in [0.15, 0.2) is 17.1 Å². The highest BCUT2D eigenvalue weighted by atomic mass is 32.2. The number of ether oxygens (including phenoxy) is 3. The van der Waals surface area contributed by atoms with Crippen LogP contribution in [0.25, 0.3) is 0 Å². The maximum absolute atomic E-state index is 12.4. The summed E-state index contributed by atoms with van der Waals surface area (Å²) < 4.78 is 52.2. The van der Waals surface area contributed by atoms with Crippen molar-refractivity contribution in [2.75, 3.05) is 31.5 Å². The highest BCUT2D eigenvalue weighted by Crippen LogP contribution is 2.38. The molecule has 3 amide bonds. The Morgan fingerprint density at radius 3 is 2.48 bits per heavy atom. The lowest BCUT2D eigenvalue weighted by Crippen LogP contribution is -2.31. The zero-order valence-corrected chi connectivity index (χ0v) is 15.1. The van der Waals surface area contributed by atoms with E-state index >= 15 is 0 Å². The number of anilines is 1. The van der Waals surface area contributed by atoms with E-state index in [2.05, 4.69) is 4.99 Å². The van der Waals surface area contributed by atoms with Gasteiger partial charge in [0.05, 0.1) is 32.3 Å². The lowest BCUT2D eigenvalue weighted by molar-refractivity contribution is -0.176. The Balaban J connectivity index is 2.48. The molecule has 0 radical (unpaired) electrons. The van der Waals surface area contributed by atoms with Crippen molar-refractivity contribution >= 4 is 34.6 Å². The molecule has 2 N–H and O–H groups in total. The van der Waals surface area contributed by atoms with E-state index in [9.17, 15) is 22.8 Å². The first-order valence-corrected chi connectivity index (χ1v) is 8.38. The number of carbonyl (C=O) groups excluding carboxylic acids is 2. The Labute approximate surface area is 156 Å². The highest BCUT2D eigenvalue weighted by Gasteiger charge is 2.33. The number of hydrogen-bond donors (Lipinski definition) is 1. The van der Waals surface area contributed by atoms with Crippen LogP contribution in [0.2, 0.25) is 0 Å². The summed E-state index contributed by atoms with van der Waals surface area (Å²) >= 11 is 0.975. The van der Waals surface area contributed by atoms with Crippen LogP contribution in [0.1, 0.15) is 5.56 Å². The molecule has 0 atom stereocenters. The number of thioether (sulfide) groups is 1. The Morgan fingerprint density at radius 2 is 1.93 bits per heavy atom. The Kier molecular flexibility index (Phi) is 6.54. The second-order valence-electron chi connectivity index (χ2n) is 5.19. The van der Waals surface area contributed by atoms with Crippen LogP contribution >= 0.6 is 11.8 Å². The van der Waals surface area contributed by atoms with Crippen molar-refractivity contribution in [3.8, 4) is 11.5 Å². The second kappa shape index (κ2) is 8.48. The number of halogens is 3. The number of nitrogens with two attached hydrogens (primary N) is 1. The van der Waals surface area contributed by atoms with Crippen LogP contribution in [0, 0.1) is 0 Å². The maximum Gasteiger partial charge on any atom is 0.411 e. The SMILES string of the molecule is COc1cc(COCC(F)(F)F)c(N2C(=O)CSC2=NC(N)=O)cc1OC. The standard InChI is InChI=1S/C15H16F3N3O5S/c1-24-10-3-8(5-26-7-15(16,17)18)9(4-11(10)25-2)21-12(22)6-27-14(21)20-13(19)23/h3-4H,5-7H2,1-2H3,(H2,19,23). The summed E-state index contributed by atoms with van der Waals surface area (Å²) in [5.41, 5.74) is 5.42. The van der Waals surface area contributed by atoms with E-state index in [1.54, 1.807) is 0 Å². The van der Waals surface area contributed by atoms with Gasteiger partial charge >= 0.3 is 12.2 Å². The van der Waals surface area contributed by atoms with Crippen molar-refractivity contribution in [2.45, 2.75) is 12.8 Å². The topological polar surface area (TPSA) is 103 Å². The van der Waals surface area contributed by atoms with Gasteiger partial charge in [-0.3, -0.25) is 9.69 Å². The zero-order valence-electron chi connectivity index (χ0n) is 14.3. The fourth-order valence-corrected chi connectivity index (χ4v) is 3.15. The molecular weight excluding hydrogens is 391 g/mol. The number of aliphatic imine (C=N–C) groups is 1. The third-order valence-electron chi connectivity index (χ3n) is 3.32. The van der Waals surface area contributed by atoms with Gasteiger partial charge in [0.2, 0.25) is 5.91 Å². The minimum Gasteiger partial charge on any atom is -0.493 e. The van der Waals surface area contributed by atoms with Crippen molar-refractivity contribution in [3.63, 3.8) is 0 Å². The minimum atomic E-state index is -4.51. The molecule has 1 aliphatic heterocycles. The molecule has 0 unspecified atom stereocenters. The number of carbonyl (C=O) groups is 2.